The van der Waals surface area contributed by atoms with Crippen molar-refractivity contribution in [1.82, 2.24) is 0 Å². The van der Waals surface area contributed by atoms with Crippen molar-refractivity contribution in [2.45, 2.75) is 0 Å². The van der Waals surface area contributed by atoms with E-state index in [9.17, 15) is 0 Å². The third-order valence-corrected chi connectivity index (χ3v) is 6.34. The predicted octanol–water partition coefficient (Wildman–Crippen LogP) is 8.18. The summed E-state index contributed by atoms with van der Waals surface area (Å²) in [5.41, 5.74) is 7.53. The van der Waals surface area contributed by atoms with Crippen molar-refractivity contribution in [2.75, 3.05) is 11.8 Å². The van der Waals surface area contributed by atoms with Gasteiger partial charge in [-0.3, -0.25) is 0 Å². The van der Waals surface area contributed by atoms with Gasteiger partial charge in [0.25, 0.3) is 0 Å². The molecular weight excluding hydrogens is 468 g/mol. The Morgan fingerprint density at radius 2 is 1.13 bits per heavy atom. The number of hydrogen-bond donors (Lipinski definition) is 0. The van der Waals surface area contributed by atoms with Gasteiger partial charge in [-0.25, -0.2) is 5.01 Å². The fraction of sp³-hybridized carbons (Fsp3) is 0.0294. The molecule has 1 aliphatic heterocycles. The van der Waals surface area contributed by atoms with Gasteiger partial charge in [0, 0.05) is 0 Å². The lowest BCUT2D eigenvalue weighted by atomic mass is 9.96. The summed E-state index contributed by atoms with van der Waals surface area (Å²) in [6, 6.07) is 45.4. The highest BCUT2D eigenvalue weighted by Crippen LogP contribution is 2.33. The van der Waals surface area contributed by atoms with Crippen LogP contribution in [0.2, 0.25) is 0 Å². The minimum Gasteiger partial charge on any atom is -0.454 e. The van der Waals surface area contributed by atoms with E-state index >= 15 is 0 Å². The second kappa shape index (κ2) is 10.9. The maximum Gasteiger partial charge on any atom is 0.231 e. The first-order valence-corrected chi connectivity index (χ1v) is 12.5. The van der Waals surface area contributed by atoms with Gasteiger partial charge in [-0.05, 0) is 76.4 Å². The highest BCUT2D eigenvalue weighted by Gasteiger charge is 2.13. The van der Waals surface area contributed by atoms with Crippen LogP contribution in [0.5, 0.6) is 11.5 Å². The number of ether oxygens (including phenoxy) is 2. The Kier molecular flexibility index (Phi) is 6.68. The molecule has 0 aliphatic carbocycles. The van der Waals surface area contributed by atoms with Crippen LogP contribution in [0.1, 0.15) is 22.3 Å². The molecule has 4 nitrogen and oxygen atoms in total. The first kappa shape index (κ1) is 23.3. The largest absolute Gasteiger partial charge is 0.454 e. The predicted molar refractivity (Wildman–Crippen MR) is 155 cm³/mol. The molecule has 0 unspecified atom stereocenters. The quantitative estimate of drug-likeness (QED) is 0.130. The molecule has 0 saturated carbocycles. The van der Waals surface area contributed by atoms with Crippen molar-refractivity contribution < 1.29 is 9.47 Å². The van der Waals surface area contributed by atoms with Crippen LogP contribution in [-0.4, -0.2) is 13.0 Å². The molecule has 0 spiro atoms. The van der Waals surface area contributed by atoms with Crippen LogP contribution in [0, 0.1) is 0 Å². The van der Waals surface area contributed by atoms with E-state index in [1.807, 2.05) is 71.9 Å². The van der Waals surface area contributed by atoms with Gasteiger partial charge in [-0.1, -0.05) is 91.0 Å². The zero-order valence-electron chi connectivity index (χ0n) is 20.8. The van der Waals surface area contributed by atoms with E-state index in [0.717, 1.165) is 34.0 Å². The molecule has 0 amide bonds. The lowest BCUT2D eigenvalue weighted by molar-refractivity contribution is 0.174. The average molecular weight is 495 g/mol. The number of rotatable bonds is 7. The van der Waals surface area contributed by atoms with E-state index in [0.29, 0.717) is 0 Å². The van der Waals surface area contributed by atoms with Crippen molar-refractivity contribution in [3.8, 4) is 11.5 Å². The molecule has 1 aliphatic rings. The molecule has 0 N–H and O–H groups in total. The number of hydrogen-bond acceptors (Lipinski definition) is 4. The molecule has 0 aromatic heterocycles. The Balaban J connectivity index is 1.33. The SMILES string of the molecule is C(=C(c1ccccc1)c1ccccc1)c1ccc(N(/N=C/c2ccc3c(c2)OCO3)c2ccccc2)cc1. The molecule has 0 fully saturated rings. The third-order valence-electron chi connectivity index (χ3n) is 6.34. The average Bonchev–Trinajstić information content (AvgIpc) is 3.46. The Morgan fingerprint density at radius 1 is 0.579 bits per heavy atom. The highest BCUT2D eigenvalue weighted by molar-refractivity contribution is 5.91. The summed E-state index contributed by atoms with van der Waals surface area (Å²) in [4.78, 5) is 0. The van der Waals surface area contributed by atoms with Crippen LogP contribution in [0.15, 0.2) is 139 Å². The van der Waals surface area contributed by atoms with Gasteiger partial charge < -0.3 is 9.47 Å². The van der Waals surface area contributed by atoms with Crippen molar-refractivity contribution in [3.63, 3.8) is 0 Å². The number of benzene rings is 5. The molecule has 4 heteroatoms. The Hall–Kier alpha value is -5.09. The summed E-state index contributed by atoms with van der Waals surface area (Å²) in [5.74, 6) is 1.50. The number of nitrogens with zero attached hydrogens (tertiary/aromatic N) is 2. The fourth-order valence-corrected chi connectivity index (χ4v) is 4.42. The second-order valence-corrected chi connectivity index (χ2v) is 8.89. The van der Waals surface area contributed by atoms with Gasteiger partial charge in [0.05, 0.1) is 17.6 Å². The topological polar surface area (TPSA) is 34.1 Å². The molecule has 0 bridgehead atoms. The van der Waals surface area contributed by atoms with Crippen LogP contribution >= 0.6 is 0 Å². The Labute approximate surface area is 222 Å². The molecule has 1 heterocycles. The zero-order valence-corrected chi connectivity index (χ0v) is 20.8. The molecular formula is C34H26N2O2. The van der Waals surface area contributed by atoms with E-state index in [1.165, 1.54) is 16.7 Å². The minimum atomic E-state index is 0.253. The van der Waals surface area contributed by atoms with Crippen LogP contribution in [0.4, 0.5) is 11.4 Å². The van der Waals surface area contributed by atoms with Gasteiger partial charge in [0.2, 0.25) is 6.79 Å². The van der Waals surface area contributed by atoms with Crippen LogP contribution in [0.3, 0.4) is 0 Å². The van der Waals surface area contributed by atoms with E-state index in [4.69, 9.17) is 14.6 Å². The number of para-hydroxylation sites is 1. The molecule has 0 radical (unpaired) electrons. The van der Waals surface area contributed by atoms with Gasteiger partial charge in [-0.15, -0.1) is 0 Å². The minimum absolute atomic E-state index is 0.253. The third kappa shape index (κ3) is 5.20. The first-order chi connectivity index (χ1) is 18.8. The number of anilines is 2. The van der Waals surface area contributed by atoms with Crippen molar-refractivity contribution >= 4 is 29.2 Å². The van der Waals surface area contributed by atoms with Crippen molar-refractivity contribution in [3.05, 3.63) is 156 Å². The summed E-state index contributed by atoms with van der Waals surface area (Å²) in [6.07, 6.45) is 4.07. The van der Waals surface area contributed by atoms with Crippen molar-refractivity contribution in [1.29, 1.82) is 0 Å². The maximum absolute atomic E-state index is 5.52. The number of fused-ring (bicyclic) bond motifs is 1. The van der Waals surface area contributed by atoms with E-state index < -0.39 is 0 Å². The highest BCUT2D eigenvalue weighted by atomic mass is 16.7. The van der Waals surface area contributed by atoms with E-state index in [2.05, 4.69) is 78.9 Å². The van der Waals surface area contributed by atoms with Crippen LogP contribution in [-0.2, 0) is 0 Å². The smallest absolute Gasteiger partial charge is 0.231 e. The van der Waals surface area contributed by atoms with Crippen molar-refractivity contribution in [2.24, 2.45) is 5.10 Å². The second-order valence-electron chi connectivity index (χ2n) is 8.89. The summed E-state index contributed by atoms with van der Waals surface area (Å²) in [6.45, 7) is 0.253. The van der Waals surface area contributed by atoms with Gasteiger partial charge in [0.1, 0.15) is 0 Å². The monoisotopic (exact) mass is 494 g/mol. The molecule has 6 rings (SSSR count). The summed E-state index contributed by atoms with van der Waals surface area (Å²) in [5, 5.41) is 6.78. The molecule has 5 aromatic rings. The molecule has 38 heavy (non-hydrogen) atoms. The maximum atomic E-state index is 5.52. The fourth-order valence-electron chi connectivity index (χ4n) is 4.42. The molecule has 5 aromatic carbocycles. The lowest BCUT2D eigenvalue weighted by Crippen LogP contribution is -2.09. The van der Waals surface area contributed by atoms with E-state index in [1.54, 1.807) is 0 Å². The standard InChI is InChI=1S/C34H26N2O2/c1-4-10-28(11-5-1)32(29-12-6-2-7-13-29)22-26-16-19-31(20-17-26)36(30-14-8-3-9-15-30)35-24-27-18-21-33-34(23-27)38-25-37-33/h1-24H,25H2/b35-24+. The molecule has 184 valence electrons. The van der Waals surface area contributed by atoms with Gasteiger partial charge in [-0.2, -0.15) is 5.10 Å². The van der Waals surface area contributed by atoms with Crippen LogP contribution < -0.4 is 14.5 Å². The summed E-state index contributed by atoms with van der Waals surface area (Å²) < 4.78 is 11.0. The normalized spacial score (nSPS) is 11.9. The van der Waals surface area contributed by atoms with Gasteiger partial charge in [0.15, 0.2) is 11.5 Å². The van der Waals surface area contributed by atoms with E-state index in [-0.39, 0.29) is 6.79 Å². The lowest BCUT2D eigenvalue weighted by Gasteiger charge is -2.19. The zero-order chi connectivity index (χ0) is 25.6. The first-order valence-electron chi connectivity index (χ1n) is 12.5. The Morgan fingerprint density at radius 3 is 1.79 bits per heavy atom. The van der Waals surface area contributed by atoms with Crippen LogP contribution in [0.25, 0.3) is 11.6 Å². The molecule has 0 saturated heterocycles. The number of hydrazone groups is 1. The molecule has 0 atom stereocenters. The van der Waals surface area contributed by atoms with Gasteiger partial charge >= 0.3 is 0 Å². The Bertz CT molecular complexity index is 1520. The summed E-state index contributed by atoms with van der Waals surface area (Å²) in [7, 11) is 0. The summed E-state index contributed by atoms with van der Waals surface area (Å²) >= 11 is 0.